The molecule has 2 heteroatoms. The molecule has 1 rings (SSSR count). The predicted molar refractivity (Wildman–Crippen MR) is 85.5 cm³/mol. The van der Waals surface area contributed by atoms with Crippen molar-refractivity contribution in [3.63, 3.8) is 0 Å². The van der Waals surface area contributed by atoms with Gasteiger partial charge in [0.1, 0.15) is 0 Å². The second-order valence-electron chi connectivity index (χ2n) is 8.07. The quantitative estimate of drug-likeness (QED) is 0.649. The largest absolute Gasteiger partial charge is 0.316 e. The van der Waals surface area contributed by atoms with Crippen molar-refractivity contribution in [1.29, 1.82) is 0 Å². The van der Waals surface area contributed by atoms with Crippen molar-refractivity contribution in [2.75, 3.05) is 26.2 Å². The third-order valence-electron chi connectivity index (χ3n) is 3.84. The molecule has 2 nitrogen and oxygen atoms in total. The zero-order chi connectivity index (χ0) is 14.5. The van der Waals surface area contributed by atoms with Crippen molar-refractivity contribution in [3.8, 4) is 0 Å². The molecule has 0 spiro atoms. The highest BCUT2D eigenvalue weighted by Gasteiger charge is 2.32. The molecule has 0 aliphatic heterocycles. The minimum atomic E-state index is 0.383. The molecular weight excluding hydrogens is 232 g/mol. The van der Waals surface area contributed by atoms with Gasteiger partial charge in [-0.1, -0.05) is 41.5 Å². The van der Waals surface area contributed by atoms with Crippen LogP contribution in [0.5, 0.6) is 0 Å². The van der Waals surface area contributed by atoms with E-state index in [0.29, 0.717) is 5.41 Å². The number of hydrogen-bond acceptors (Lipinski definition) is 2. The van der Waals surface area contributed by atoms with Gasteiger partial charge in [-0.25, -0.2) is 0 Å². The maximum absolute atomic E-state index is 3.63. The van der Waals surface area contributed by atoms with E-state index < -0.39 is 0 Å². The molecular formula is C17H36N2. The second kappa shape index (κ2) is 7.64. The Kier molecular flexibility index (Phi) is 6.82. The van der Waals surface area contributed by atoms with Crippen LogP contribution < -0.4 is 5.32 Å². The summed E-state index contributed by atoms with van der Waals surface area (Å²) in [6.07, 6.45) is 4.19. The number of rotatable bonds is 10. The summed E-state index contributed by atoms with van der Waals surface area (Å²) < 4.78 is 0. The molecule has 1 saturated carbocycles. The Morgan fingerprint density at radius 2 is 1.74 bits per heavy atom. The minimum Gasteiger partial charge on any atom is -0.316 e. The van der Waals surface area contributed by atoms with E-state index in [0.717, 1.165) is 31.0 Å². The first kappa shape index (κ1) is 17.0. The fraction of sp³-hybridized carbons (Fsp3) is 1.00. The molecule has 0 saturated heterocycles. The van der Waals surface area contributed by atoms with Crippen LogP contribution in [0.2, 0.25) is 0 Å². The van der Waals surface area contributed by atoms with Gasteiger partial charge in [-0.2, -0.15) is 0 Å². The zero-order valence-electron chi connectivity index (χ0n) is 14.1. The Morgan fingerprint density at radius 3 is 2.21 bits per heavy atom. The van der Waals surface area contributed by atoms with Crippen LogP contribution in [0.1, 0.15) is 60.8 Å². The van der Waals surface area contributed by atoms with E-state index in [4.69, 9.17) is 0 Å². The van der Waals surface area contributed by atoms with Gasteiger partial charge < -0.3 is 5.32 Å². The van der Waals surface area contributed by atoms with E-state index in [2.05, 4.69) is 51.8 Å². The van der Waals surface area contributed by atoms with Gasteiger partial charge in [0.2, 0.25) is 0 Å². The zero-order valence-corrected chi connectivity index (χ0v) is 14.1. The van der Waals surface area contributed by atoms with Crippen molar-refractivity contribution in [3.05, 3.63) is 0 Å². The van der Waals surface area contributed by atoms with Crippen LogP contribution in [0.4, 0.5) is 0 Å². The van der Waals surface area contributed by atoms with E-state index in [9.17, 15) is 0 Å². The highest BCUT2D eigenvalue weighted by molar-refractivity contribution is 4.88. The van der Waals surface area contributed by atoms with E-state index in [1.54, 1.807) is 0 Å². The fourth-order valence-electron chi connectivity index (χ4n) is 2.56. The van der Waals surface area contributed by atoms with Crippen molar-refractivity contribution in [1.82, 2.24) is 10.2 Å². The molecule has 1 aliphatic rings. The molecule has 1 N–H and O–H groups in total. The van der Waals surface area contributed by atoms with Crippen LogP contribution in [0.25, 0.3) is 0 Å². The van der Waals surface area contributed by atoms with Crippen LogP contribution >= 0.6 is 0 Å². The SMILES string of the molecule is CC(C)CCN(CC(C)(C)CNCC(C)C)C1CC1. The van der Waals surface area contributed by atoms with Crippen LogP contribution in [0.3, 0.4) is 0 Å². The lowest BCUT2D eigenvalue weighted by Gasteiger charge is -2.33. The molecule has 0 aromatic rings. The Bertz CT molecular complexity index is 242. The van der Waals surface area contributed by atoms with Crippen molar-refractivity contribution in [2.24, 2.45) is 17.3 Å². The molecule has 0 unspecified atom stereocenters. The van der Waals surface area contributed by atoms with Crippen LogP contribution in [0.15, 0.2) is 0 Å². The fourth-order valence-corrected chi connectivity index (χ4v) is 2.56. The maximum atomic E-state index is 3.63. The molecule has 1 aliphatic carbocycles. The van der Waals surface area contributed by atoms with Gasteiger partial charge in [-0.15, -0.1) is 0 Å². The molecule has 0 radical (unpaired) electrons. The number of nitrogens with one attached hydrogen (secondary N) is 1. The first-order chi connectivity index (χ1) is 8.80. The van der Waals surface area contributed by atoms with Crippen molar-refractivity contribution >= 4 is 0 Å². The number of nitrogens with zero attached hydrogens (tertiary/aromatic N) is 1. The maximum Gasteiger partial charge on any atom is 0.00966 e. The van der Waals surface area contributed by atoms with Gasteiger partial charge >= 0.3 is 0 Å². The van der Waals surface area contributed by atoms with Crippen LogP contribution in [0, 0.1) is 17.3 Å². The van der Waals surface area contributed by atoms with Crippen LogP contribution in [-0.2, 0) is 0 Å². The van der Waals surface area contributed by atoms with Gasteiger partial charge in [0.25, 0.3) is 0 Å². The van der Waals surface area contributed by atoms with E-state index in [1.807, 2.05) is 0 Å². The Hall–Kier alpha value is -0.0800. The minimum absolute atomic E-state index is 0.383. The topological polar surface area (TPSA) is 15.3 Å². The van der Waals surface area contributed by atoms with Gasteiger partial charge in [0.15, 0.2) is 0 Å². The highest BCUT2D eigenvalue weighted by Crippen LogP contribution is 2.30. The first-order valence-electron chi connectivity index (χ1n) is 8.25. The summed E-state index contributed by atoms with van der Waals surface area (Å²) in [5.41, 5.74) is 0.383. The molecule has 114 valence electrons. The molecule has 0 atom stereocenters. The predicted octanol–water partition coefficient (Wildman–Crippen LogP) is 3.77. The molecule has 0 amide bonds. The lowest BCUT2D eigenvalue weighted by Crippen LogP contribution is -2.42. The molecule has 0 heterocycles. The summed E-state index contributed by atoms with van der Waals surface area (Å²) in [5.74, 6) is 1.57. The monoisotopic (exact) mass is 268 g/mol. The standard InChI is InChI=1S/C17H36N2/c1-14(2)9-10-19(16-7-8-16)13-17(5,6)12-18-11-15(3)4/h14-16,18H,7-13H2,1-6H3. The third-order valence-corrected chi connectivity index (χ3v) is 3.84. The van der Waals surface area contributed by atoms with Crippen molar-refractivity contribution in [2.45, 2.75) is 66.8 Å². The lowest BCUT2D eigenvalue weighted by molar-refractivity contribution is 0.159. The Labute approximate surface area is 121 Å². The molecule has 0 aromatic carbocycles. The van der Waals surface area contributed by atoms with Gasteiger partial charge in [-0.3, -0.25) is 4.90 Å². The Morgan fingerprint density at radius 1 is 1.11 bits per heavy atom. The van der Waals surface area contributed by atoms with Gasteiger partial charge in [0, 0.05) is 19.1 Å². The normalized spacial score (nSPS) is 16.9. The van der Waals surface area contributed by atoms with E-state index in [1.165, 1.54) is 32.4 Å². The third kappa shape index (κ3) is 7.94. The summed E-state index contributed by atoms with van der Waals surface area (Å²) in [5, 5.41) is 3.63. The smallest absolute Gasteiger partial charge is 0.00966 e. The summed E-state index contributed by atoms with van der Waals surface area (Å²) in [6, 6.07) is 0.892. The second-order valence-corrected chi connectivity index (χ2v) is 8.07. The highest BCUT2D eigenvalue weighted by atomic mass is 15.2. The molecule has 19 heavy (non-hydrogen) atoms. The van der Waals surface area contributed by atoms with E-state index in [-0.39, 0.29) is 0 Å². The summed E-state index contributed by atoms with van der Waals surface area (Å²) >= 11 is 0. The Balaban J connectivity index is 2.34. The average Bonchev–Trinajstić information content (AvgIpc) is 3.06. The lowest BCUT2D eigenvalue weighted by atomic mass is 9.92. The molecule has 0 bridgehead atoms. The van der Waals surface area contributed by atoms with Crippen molar-refractivity contribution < 1.29 is 0 Å². The summed E-state index contributed by atoms with van der Waals surface area (Å²) in [4.78, 5) is 2.75. The molecule has 1 fully saturated rings. The summed E-state index contributed by atoms with van der Waals surface area (Å²) in [6.45, 7) is 18.8. The first-order valence-corrected chi connectivity index (χ1v) is 8.25. The molecule has 0 aromatic heterocycles. The van der Waals surface area contributed by atoms with Crippen LogP contribution in [-0.4, -0.2) is 37.1 Å². The van der Waals surface area contributed by atoms with Gasteiger partial charge in [-0.05, 0) is 49.6 Å². The van der Waals surface area contributed by atoms with Gasteiger partial charge in [0.05, 0.1) is 0 Å². The number of hydrogen-bond donors (Lipinski definition) is 1. The van der Waals surface area contributed by atoms with E-state index >= 15 is 0 Å². The average molecular weight is 268 g/mol. The summed E-state index contributed by atoms with van der Waals surface area (Å²) in [7, 11) is 0.